The van der Waals surface area contributed by atoms with Crippen LogP contribution in [0.25, 0.3) is 0 Å². The number of hydrogen-bond donors (Lipinski definition) is 1. The lowest BCUT2D eigenvalue weighted by Gasteiger charge is -2.30. The van der Waals surface area contributed by atoms with Crippen molar-refractivity contribution in [1.82, 2.24) is 14.8 Å². The zero-order valence-electron chi connectivity index (χ0n) is 12.4. The summed E-state index contributed by atoms with van der Waals surface area (Å²) in [4.78, 5) is 21.2. The summed E-state index contributed by atoms with van der Waals surface area (Å²) in [5, 5.41) is 0. The third-order valence-corrected chi connectivity index (χ3v) is 3.91. The second kappa shape index (κ2) is 6.81. The number of carbonyl (C=O) groups excluding carboxylic acids is 1. The molecule has 1 atom stereocenters. The number of aromatic nitrogens is 1. The third-order valence-electron chi connectivity index (χ3n) is 3.91. The van der Waals surface area contributed by atoms with Gasteiger partial charge in [-0.2, -0.15) is 0 Å². The second-order valence-corrected chi connectivity index (χ2v) is 5.42. The van der Waals surface area contributed by atoms with E-state index in [2.05, 4.69) is 23.9 Å². The average Bonchev–Trinajstić information content (AvgIpc) is 2.67. The molecule has 1 aliphatic heterocycles. The standard InChI is InChI=1S/C15H24N4O/c1-3-14-11-18(2)7-4-8-19(14)15(20)12-5-6-17-13(9-12)10-16/h5-6,9,14H,3-4,7-8,10-11,16H2,1-2H3. The molecule has 2 heterocycles. The van der Waals surface area contributed by atoms with Crippen molar-refractivity contribution in [2.24, 2.45) is 5.73 Å². The maximum absolute atomic E-state index is 12.7. The lowest BCUT2D eigenvalue weighted by Crippen LogP contribution is -2.43. The summed E-state index contributed by atoms with van der Waals surface area (Å²) in [7, 11) is 2.12. The van der Waals surface area contributed by atoms with Gasteiger partial charge in [0.2, 0.25) is 0 Å². The summed E-state index contributed by atoms with van der Waals surface area (Å²) in [5.74, 6) is 0.101. The van der Waals surface area contributed by atoms with Gasteiger partial charge in [0.25, 0.3) is 5.91 Å². The summed E-state index contributed by atoms with van der Waals surface area (Å²) in [5.41, 5.74) is 7.06. The molecule has 5 nitrogen and oxygen atoms in total. The molecule has 2 N–H and O–H groups in total. The molecule has 1 aromatic rings. The zero-order valence-corrected chi connectivity index (χ0v) is 12.4. The topological polar surface area (TPSA) is 62.5 Å². The van der Waals surface area contributed by atoms with Crippen LogP contribution in [0.3, 0.4) is 0 Å². The van der Waals surface area contributed by atoms with Gasteiger partial charge in [-0.3, -0.25) is 9.78 Å². The molecule has 1 aliphatic rings. The minimum atomic E-state index is 0.101. The first kappa shape index (κ1) is 14.9. The molecule has 5 heteroatoms. The number of carbonyl (C=O) groups is 1. The molecular formula is C15H24N4O. The van der Waals surface area contributed by atoms with Gasteiger partial charge < -0.3 is 15.5 Å². The first-order valence-corrected chi connectivity index (χ1v) is 7.30. The molecular weight excluding hydrogens is 252 g/mol. The third kappa shape index (κ3) is 3.35. The second-order valence-electron chi connectivity index (χ2n) is 5.42. The highest BCUT2D eigenvalue weighted by molar-refractivity contribution is 5.94. The molecule has 1 fully saturated rings. The highest BCUT2D eigenvalue weighted by Gasteiger charge is 2.26. The summed E-state index contributed by atoms with van der Waals surface area (Å²) in [6.45, 7) is 5.31. The highest BCUT2D eigenvalue weighted by Crippen LogP contribution is 2.16. The smallest absolute Gasteiger partial charge is 0.254 e. The van der Waals surface area contributed by atoms with E-state index in [1.54, 1.807) is 12.3 Å². The number of amides is 1. The van der Waals surface area contributed by atoms with Crippen molar-refractivity contribution >= 4 is 5.91 Å². The van der Waals surface area contributed by atoms with E-state index in [4.69, 9.17) is 5.73 Å². The Hall–Kier alpha value is -1.46. The molecule has 20 heavy (non-hydrogen) atoms. The molecule has 0 aromatic carbocycles. The van der Waals surface area contributed by atoms with Crippen molar-refractivity contribution in [3.63, 3.8) is 0 Å². The lowest BCUT2D eigenvalue weighted by atomic mass is 10.1. The summed E-state index contributed by atoms with van der Waals surface area (Å²) >= 11 is 0. The van der Waals surface area contributed by atoms with E-state index in [1.165, 1.54) is 0 Å². The molecule has 1 saturated heterocycles. The van der Waals surface area contributed by atoms with Gasteiger partial charge in [-0.15, -0.1) is 0 Å². The molecule has 0 spiro atoms. The Kier molecular flexibility index (Phi) is 5.09. The van der Waals surface area contributed by atoms with E-state index in [9.17, 15) is 4.79 Å². The van der Waals surface area contributed by atoms with Crippen LogP contribution in [0.1, 0.15) is 35.8 Å². The molecule has 1 aromatic heterocycles. The van der Waals surface area contributed by atoms with E-state index in [1.807, 2.05) is 11.0 Å². The zero-order chi connectivity index (χ0) is 14.5. The Labute approximate surface area is 120 Å². The van der Waals surface area contributed by atoms with Crippen LogP contribution in [-0.2, 0) is 6.54 Å². The number of nitrogens with two attached hydrogens (primary N) is 1. The fourth-order valence-corrected chi connectivity index (χ4v) is 2.75. The fraction of sp³-hybridized carbons (Fsp3) is 0.600. The van der Waals surface area contributed by atoms with Gasteiger partial charge in [0.15, 0.2) is 0 Å². The molecule has 2 rings (SSSR count). The molecule has 110 valence electrons. The van der Waals surface area contributed by atoms with E-state index < -0.39 is 0 Å². The highest BCUT2D eigenvalue weighted by atomic mass is 16.2. The van der Waals surface area contributed by atoms with Gasteiger partial charge in [-0.25, -0.2) is 0 Å². The largest absolute Gasteiger partial charge is 0.334 e. The average molecular weight is 276 g/mol. The van der Waals surface area contributed by atoms with Gasteiger partial charge in [0.1, 0.15) is 0 Å². The Bertz CT molecular complexity index is 463. The van der Waals surface area contributed by atoms with Crippen LogP contribution in [0, 0.1) is 0 Å². The van der Waals surface area contributed by atoms with E-state index in [-0.39, 0.29) is 11.9 Å². The van der Waals surface area contributed by atoms with Crippen LogP contribution in [0.15, 0.2) is 18.3 Å². The Morgan fingerprint density at radius 2 is 2.30 bits per heavy atom. The molecule has 1 unspecified atom stereocenters. The van der Waals surface area contributed by atoms with Gasteiger partial charge >= 0.3 is 0 Å². The molecule has 0 saturated carbocycles. The van der Waals surface area contributed by atoms with Crippen molar-refractivity contribution < 1.29 is 4.79 Å². The molecule has 0 bridgehead atoms. The van der Waals surface area contributed by atoms with E-state index >= 15 is 0 Å². The fourth-order valence-electron chi connectivity index (χ4n) is 2.75. The lowest BCUT2D eigenvalue weighted by molar-refractivity contribution is 0.0675. The summed E-state index contributed by atoms with van der Waals surface area (Å²) in [6, 6.07) is 3.87. The van der Waals surface area contributed by atoms with Gasteiger partial charge in [-0.1, -0.05) is 6.92 Å². The SMILES string of the molecule is CCC1CN(C)CCCN1C(=O)c1ccnc(CN)c1. The van der Waals surface area contributed by atoms with Crippen molar-refractivity contribution in [3.05, 3.63) is 29.6 Å². The van der Waals surface area contributed by atoms with Crippen LogP contribution < -0.4 is 5.73 Å². The normalized spacial score (nSPS) is 20.8. The Morgan fingerprint density at radius 3 is 3.00 bits per heavy atom. The molecule has 1 amide bonds. The van der Waals surface area contributed by atoms with E-state index in [0.29, 0.717) is 12.1 Å². The van der Waals surface area contributed by atoms with E-state index in [0.717, 1.165) is 38.2 Å². The van der Waals surface area contributed by atoms with Gasteiger partial charge in [-0.05, 0) is 38.6 Å². The van der Waals surface area contributed by atoms with Crippen LogP contribution in [0.4, 0.5) is 0 Å². The Morgan fingerprint density at radius 1 is 1.50 bits per heavy atom. The van der Waals surface area contributed by atoms with Gasteiger partial charge in [0.05, 0.1) is 5.69 Å². The van der Waals surface area contributed by atoms with Crippen LogP contribution in [-0.4, -0.2) is 53.4 Å². The van der Waals surface area contributed by atoms with Crippen molar-refractivity contribution in [3.8, 4) is 0 Å². The first-order valence-electron chi connectivity index (χ1n) is 7.30. The number of rotatable bonds is 3. The molecule has 0 aliphatic carbocycles. The minimum Gasteiger partial charge on any atom is -0.334 e. The van der Waals surface area contributed by atoms with Gasteiger partial charge in [0, 0.05) is 37.4 Å². The maximum atomic E-state index is 12.7. The summed E-state index contributed by atoms with van der Waals surface area (Å²) in [6.07, 6.45) is 3.67. The first-order chi connectivity index (χ1) is 9.65. The van der Waals surface area contributed by atoms with Crippen LogP contribution in [0.5, 0.6) is 0 Å². The number of nitrogens with zero attached hydrogens (tertiary/aromatic N) is 3. The number of likely N-dealkylation sites (N-methyl/N-ethyl adjacent to an activating group) is 1. The minimum absolute atomic E-state index is 0.101. The monoisotopic (exact) mass is 276 g/mol. The summed E-state index contributed by atoms with van der Waals surface area (Å²) < 4.78 is 0. The predicted octanol–water partition coefficient (Wildman–Crippen LogP) is 1.10. The number of hydrogen-bond acceptors (Lipinski definition) is 4. The van der Waals surface area contributed by atoms with Crippen LogP contribution >= 0.6 is 0 Å². The number of pyridine rings is 1. The quantitative estimate of drug-likeness (QED) is 0.898. The van der Waals surface area contributed by atoms with Crippen molar-refractivity contribution in [2.45, 2.75) is 32.4 Å². The van der Waals surface area contributed by atoms with Crippen LogP contribution in [0.2, 0.25) is 0 Å². The Balaban J connectivity index is 2.20. The molecule has 0 radical (unpaired) electrons. The van der Waals surface area contributed by atoms with Crippen molar-refractivity contribution in [1.29, 1.82) is 0 Å². The maximum Gasteiger partial charge on any atom is 0.254 e. The van der Waals surface area contributed by atoms with Crippen molar-refractivity contribution in [2.75, 3.05) is 26.7 Å². The predicted molar refractivity (Wildman–Crippen MR) is 79.4 cm³/mol.